The predicted molar refractivity (Wildman–Crippen MR) is 105 cm³/mol. The average Bonchev–Trinajstić information content (AvgIpc) is 2.57. The molecule has 3 heteroatoms. The lowest BCUT2D eigenvalue weighted by Crippen LogP contribution is -2.58. The molecule has 0 heterocycles. The summed E-state index contributed by atoms with van der Waals surface area (Å²) in [6.07, 6.45) is 8.38. The van der Waals surface area contributed by atoms with Crippen LogP contribution in [0.15, 0.2) is 12.7 Å². The van der Waals surface area contributed by atoms with Crippen molar-refractivity contribution < 1.29 is 9.22 Å². The Bertz CT molecular complexity index is 462. The zero-order chi connectivity index (χ0) is 18.0. The van der Waals surface area contributed by atoms with E-state index in [-0.39, 0.29) is 10.8 Å². The number of carbonyl (C=O) groups excluding carboxylic acids is 1. The molecule has 0 bridgehead atoms. The number of Topliss-reactive ketones (excluding diaryl/α,β-unsaturated/α-hetero) is 1. The summed E-state index contributed by atoms with van der Waals surface area (Å²) in [7, 11) is -1.64. The molecule has 0 aromatic carbocycles. The van der Waals surface area contributed by atoms with E-state index in [9.17, 15) is 4.79 Å². The lowest BCUT2D eigenvalue weighted by molar-refractivity contribution is -0.154. The molecule has 24 heavy (non-hydrogen) atoms. The maximum absolute atomic E-state index is 12.7. The lowest BCUT2D eigenvalue weighted by atomic mass is 9.49. The molecule has 2 saturated carbocycles. The number of rotatable bonds is 7. The van der Waals surface area contributed by atoms with Gasteiger partial charge in [0.2, 0.25) is 0 Å². The zero-order valence-corrected chi connectivity index (χ0v) is 17.6. The van der Waals surface area contributed by atoms with Crippen LogP contribution < -0.4 is 0 Å². The van der Waals surface area contributed by atoms with Crippen molar-refractivity contribution in [2.75, 3.05) is 0 Å². The van der Waals surface area contributed by atoms with Crippen molar-refractivity contribution in [3.63, 3.8) is 0 Å². The molecule has 2 rings (SSSR count). The second kappa shape index (κ2) is 7.45. The molecular weight excluding hydrogens is 312 g/mol. The summed E-state index contributed by atoms with van der Waals surface area (Å²) < 4.78 is 7.00. The fourth-order valence-electron chi connectivity index (χ4n) is 5.70. The summed E-state index contributed by atoms with van der Waals surface area (Å²) in [5, 5.41) is 0. The van der Waals surface area contributed by atoms with E-state index in [0.717, 1.165) is 32.1 Å². The van der Waals surface area contributed by atoms with E-state index in [0.29, 0.717) is 17.8 Å². The molecule has 0 amide bonds. The van der Waals surface area contributed by atoms with Gasteiger partial charge in [0.15, 0.2) is 8.32 Å². The SMILES string of the molecule is C=CC[C@]1(C)[C@H](O[Si](CC)(CC)CC)CC[C@]2(C)C(=O)CCC[C@@H]12. The van der Waals surface area contributed by atoms with Crippen LogP contribution in [0.1, 0.15) is 73.1 Å². The summed E-state index contributed by atoms with van der Waals surface area (Å²) >= 11 is 0. The van der Waals surface area contributed by atoms with E-state index in [1.807, 2.05) is 0 Å². The van der Waals surface area contributed by atoms with E-state index in [1.54, 1.807) is 0 Å². The molecule has 138 valence electrons. The fourth-order valence-corrected chi connectivity index (χ4v) is 8.69. The molecule has 4 atom stereocenters. The summed E-state index contributed by atoms with van der Waals surface area (Å²) in [6, 6.07) is 3.59. The Kier molecular flexibility index (Phi) is 6.18. The first-order valence-corrected chi connectivity index (χ1v) is 12.7. The highest BCUT2D eigenvalue weighted by Gasteiger charge is 2.58. The molecular formula is C21H38O2Si. The van der Waals surface area contributed by atoms with Crippen LogP contribution in [0, 0.1) is 16.7 Å². The molecule has 2 aliphatic carbocycles. The minimum atomic E-state index is -1.64. The van der Waals surface area contributed by atoms with Gasteiger partial charge in [-0.1, -0.05) is 40.7 Å². The topological polar surface area (TPSA) is 26.3 Å². The minimum Gasteiger partial charge on any atom is -0.413 e. The first-order valence-electron chi connectivity index (χ1n) is 10.1. The van der Waals surface area contributed by atoms with Gasteiger partial charge >= 0.3 is 0 Å². The van der Waals surface area contributed by atoms with Crippen LogP contribution in [0.4, 0.5) is 0 Å². The molecule has 2 nitrogen and oxygen atoms in total. The third-order valence-electron chi connectivity index (χ3n) is 7.67. The molecule has 0 spiro atoms. The van der Waals surface area contributed by atoms with Crippen LogP contribution >= 0.6 is 0 Å². The summed E-state index contributed by atoms with van der Waals surface area (Å²) in [5.41, 5.74) is -0.0761. The van der Waals surface area contributed by atoms with Gasteiger partial charge < -0.3 is 4.43 Å². The molecule has 0 aliphatic heterocycles. The zero-order valence-electron chi connectivity index (χ0n) is 16.6. The van der Waals surface area contributed by atoms with Crippen LogP contribution in [0.25, 0.3) is 0 Å². The van der Waals surface area contributed by atoms with Crippen LogP contribution in [0.3, 0.4) is 0 Å². The van der Waals surface area contributed by atoms with Gasteiger partial charge in [-0.2, -0.15) is 0 Å². The number of carbonyl (C=O) groups is 1. The summed E-state index contributed by atoms with van der Waals surface area (Å²) in [4.78, 5) is 12.7. The van der Waals surface area contributed by atoms with Crippen molar-refractivity contribution in [3.05, 3.63) is 12.7 Å². The summed E-state index contributed by atoms with van der Waals surface area (Å²) in [5.74, 6) is 0.942. The maximum Gasteiger partial charge on any atom is 0.192 e. The van der Waals surface area contributed by atoms with E-state index < -0.39 is 8.32 Å². The van der Waals surface area contributed by atoms with Crippen LogP contribution in [-0.4, -0.2) is 20.2 Å². The Hall–Kier alpha value is -0.413. The third-order valence-corrected chi connectivity index (χ3v) is 12.3. The van der Waals surface area contributed by atoms with Crippen molar-refractivity contribution in [2.24, 2.45) is 16.7 Å². The molecule has 0 saturated heterocycles. The lowest BCUT2D eigenvalue weighted by Gasteiger charge is -2.58. The first kappa shape index (κ1) is 19.9. The molecule has 0 radical (unpaired) electrons. The normalized spacial score (nSPS) is 37.1. The van der Waals surface area contributed by atoms with Crippen molar-refractivity contribution in [3.8, 4) is 0 Å². The highest BCUT2D eigenvalue weighted by Crippen LogP contribution is 2.59. The van der Waals surface area contributed by atoms with Crippen molar-refractivity contribution >= 4 is 14.1 Å². The number of hydrogen-bond acceptors (Lipinski definition) is 2. The minimum absolute atomic E-state index is 0.0581. The van der Waals surface area contributed by atoms with Gasteiger partial charge in [0.05, 0.1) is 6.10 Å². The molecule has 0 aromatic heterocycles. The standard InChI is InChI=1S/C21H38O2Si/c1-7-15-21(6)17-12-11-13-18(22)20(17,5)16-14-19(21)23-24(8-2,9-3)10-4/h7,17,19H,1,8-16H2,2-6H3/t17-,19-,20+,21+/m1/s1. The number of allylic oxidation sites excluding steroid dienone is 1. The van der Waals surface area contributed by atoms with Gasteiger partial charge in [0, 0.05) is 11.8 Å². The number of fused-ring (bicyclic) bond motifs is 1. The van der Waals surface area contributed by atoms with Crippen LogP contribution in [0.2, 0.25) is 18.1 Å². The smallest absolute Gasteiger partial charge is 0.192 e. The Morgan fingerprint density at radius 2 is 1.83 bits per heavy atom. The predicted octanol–water partition coefficient (Wildman–Crippen LogP) is 6.13. The van der Waals surface area contributed by atoms with E-state index in [4.69, 9.17) is 4.43 Å². The first-order chi connectivity index (χ1) is 11.3. The maximum atomic E-state index is 12.7. The van der Waals surface area contributed by atoms with E-state index in [2.05, 4.69) is 47.3 Å². The third kappa shape index (κ3) is 3.19. The van der Waals surface area contributed by atoms with Crippen molar-refractivity contribution in [2.45, 2.75) is 97.4 Å². The highest BCUT2D eigenvalue weighted by molar-refractivity contribution is 6.73. The molecule has 2 aliphatic rings. The average molecular weight is 351 g/mol. The van der Waals surface area contributed by atoms with Gasteiger partial charge in [-0.3, -0.25) is 4.79 Å². The van der Waals surface area contributed by atoms with Gasteiger partial charge in [0.25, 0.3) is 0 Å². The highest BCUT2D eigenvalue weighted by atomic mass is 28.4. The van der Waals surface area contributed by atoms with Gasteiger partial charge in [-0.15, -0.1) is 6.58 Å². The van der Waals surface area contributed by atoms with Crippen LogP contribution in [0.5, 0.6) is 0 Å². The fraction of sp³-hybridized carbons (Fsp3) is 0.857. The van der Waals surface area contributed by atoms with Gasteiger partial charge in [-0.05, 0) is 61.6 Å². The van der Waals surface area contributed by atoms with Gasteiger partial charge in [0.1, 0.15) is 5.78 Å². The largest absolute Gasteiger partial charge is 0.413 e. The Balaban J connectivity index is 2.36. The Morgan fingerprint density at radius 3 is 2.38 bits per heavy atom. The Labute approximate surface area is 150 Å². The van der Waals surface area contributed by atoms with Crippen molar-refractivity contribution in [1.29, 1.82) is 0 Å². The quantitative estimate of drug-likeness (QED) is 0.408. The number of hydrogen-bond donors (Lipinski definition) is 0. The second-order valence-electron chi connectivity index (χ2n) is 8.67. The second-order valence-corrected chi connectivity index (χ2v) is 13.4. The Morgan fingerprint density at radius 1 is 1.21 bits per heavy atom. The van der Waals surface area contributed by atoms with Crippen molar-refractivity contribution in [1.82, 2.24) is 0 Å². The van der Waals surface area contributed by atoms with E-state index >= 15 is 0 Å². The summed E-state index contributed by atoms with van der Waals surface area (Å²) in [6.45, 7) is 15.6. The molecule has 0 aromatic rings. The molecule has 0 N–H and O–H groups in total. The van der Waals surface area contributed by atoms with Gasteiger partial charge in [-0.25, -0.2) is 0 Å². The van der Waals surface area contributed by atoms with E-state index in [1.165, 1.54) is 24.6 Å². The van der Waals surface area contributed by atoms with Crippen LogP contribution in [-0.2, 0) is 9.22 Å². The monoisotopic (exact) mass is 350 g/mol. The molecule has 2 fully saturated rings. The molecule has 0 unspecified atom stereocenters. The number of ketones is 1.